The largest absolute Gasteiger partial charge is 0.497 e. The van der Waals surface area contributed by atoms with E-state index in [0.29, 0.717) is 16.5 Å². The van der Waals surface area contributed by atoms with E-state index in [1.807, 2.05) is 0 Å². The van der Waals surface area contributed by atoms with Crippen LogP contribution in [0.5, 0.6) is 5.75 Å². The van der Waals surface area contributed by atoms with Gasteiger partial charge in [0.15, 0.2) is 0 Å². The maximum atomic E-state index is 14.1. The summed E-state index contributed by atoms with van der Waals surface area (Å²) in [6.07, 6.45) is 1.45. The summed E-state index contributed by atoms with van der Waals surface area (Å²) >= 11 is 6.10. The summed E-state index contributed by atoms with van der Waals surface area (Å²) in [4.78, 5) is 12.7. The number of aryl methyl sites for hydroxylation is 1. The fourth-order valence-electron chi connectivity index (χ4n) is 2.45. The molecule has 0 radical (unpaired) electrons. The lowest BCUT2D eigenvalue weighted by atomic mass is 10.1. The molecule has 1 amide bonds. The summed E-state index contributed by atoms with van der Waals surface area (Å²) < 4.78 is 33.8. The van der Waals surface area contributed by atoms with E-state index in [4.69, 9.17) is 16.3 Å². The van der Waals surface area contributed by atoms with E-state index in [9.17, 15) is 13.6 Å². The van der Waals surface area contributed by atoms with Crippen LogP contribution in [0.25, 0.3) is 11.3 Å². The Balaban J connectivity index is 1.99. The van der Waals surface area contributed by atoms with Gasteiger partial charge in [-0.1, -0.05) is 11.6 Å². The van der Waals surface area contributed by atoms with Crippen LogP contribution in [0.2, 0.25) is 5.02 Å². The number of anilines is 1. The minimum atomic E-state index is -0.808. The highest BCUT2D eigenvalue weighted by Gasteiger charge is 2.21. The number of hydrogen-bond donors (Lipinski definition) is 1. The monoisotopic (exact) mass is 377 g/mol. The van der Waals surface area contributed by atoms with Crippen LogP contribution >= 0.6 is 11.6 Å². The predicted molar refractivity (Wildman–Crippen MR) is 94.5 cm³/mol. The normalized spacial score (nSPS) is 10.7. The molecule has 0 fully saturated rings. The molecular weight excluding hydrogens is 364 g/mol. The lowest BCUT2D eigenvalue weighted by Gasteiger charge is -2.09. The molecule has 3 rings (SSSR count). The van der Waals surface area contributed by atoms with Crippen LogP contribution in [-0.4, -0.2) is 22.8 Å². The molecule has 8 heteroatoms. The van der Waals surface area contributed by atoms with Gasteiger partial charge in [0.2, 0.25) is 0 Å². The molecule has 2 aromatic carbocycles. The van der Waals surface area contributed by atoms with E-state index >= 15 is 0 Å². The van der Waals surface area contributed by atoms with E-state index < -0.39 is 17.5 Å². The molecule has 0 aliphatic carbocycles. The Morgan fingerprint density at radius 2 is 2.00 bits per heavy atom. The number of amides is 1. The molecule has 0 bridgehead atoms. The van der Waals surface area contributed by atoms with Gasteiger partial charge in [0.05, 0.1) is 23.4 Å². The molecule has 1 N–H and O–H groups in total. The summed E-state index contributed by atoms with van der Waals surface area (Å²) in [5.74, 6) is -1.54. The zero-order valence-corrected chi connectivity index (χ0v) is 14.6. The molecule has 26 heavy (non-hydrogen) atoms. The van der Waals surface area contributed by atoms with Crippen molar-refractivity contribution >= 4 is 23.2 Å². The van der Waals surface area contributed by atoms with Crippen molar-refractivity contribution in [1.82, 2.24) is 9.78 Å². The van der Waals surface area contributed by atoms with Gasteiger partial charge in [-0.3, -0.25) is 9.48 Å². The Morgan fingerprint density at radius 3 is 2.69 bits per heavy atom. The number of halogens is 3. The second-order valence-corrected chi connectivity index (χ2v) is 5.90. The van der Waals surface area contributed by atoms with Crippen molar-refractivity contribution in [2.24, 2.45) is 7.05 Å². The third kappa shape index (κ3) is 3.52. The van der Waals surface area contributed by atoms with E-state index in [0.717, 1.165) is 12.1 Å². The zero-order chi connectivity index (χ0) is 18.8. The van der Waals surface area contributed by atoms with Gasteiger partial charge >= 0.3 is 0 Å². The Bertz CT molecular complexity index is 989. The van der Waals surface area contributed by atoms with Gasteiger partial charge < -0.3 is 10.1 Å². The van der Waals surface area contributed by atoms with Crippen LogP contribution in [0.4, 0.5) is 14.5 Å². The lowest BCUT2D eigenvalue weighted by molar-refractivity contribution is 0.102. The fraction of sp³-hybridized carbons (Fsp3) is 0.111. The van der Waals surface area contributed by atoms with Gasteiger partial charge in [-0.15, -0.1) is 0 Å². The van der Waals surface area contributed by atoms with Crippen LogP contribution in [0, 0.1) is 11.6 Å². The van der Waals surface area contributed by atoms with Crippen molar-refractivity contribution in [1.29, 1.82) is 0 Å². The van der Waals surface area contributed by atoms with Gasteiger partial charge in [0.1, 0.15) is 23.1 Å². The highest BCUT2D eigenvalue weighted by molar-refractivity contribution is 6.34. The number of carbonyl (C=O) groups excluding carboxylic acids is 1. The molecule has 1 heterocycles. The molecule has 0 saturated carbocycles. The highest BCUT2D eigenvalue weighted by atomic mass is 35.5. The summed E-state index contributed by atoms with van der Waals surface area (Å²) in [5, 5.41) is 7.10. The lowest BCUT2D eigenvalue weighted by Crippen LogP contribution is -2.13. The minimum Gasteiger partial charge on any atom is -0.497 e. The third-order valence-corrected chi connectivity index (χ3v) is 4.01. The number of ether oxygens (including phenoxy) is 1. The van der Waals surface area contributed by atoms with Crippen LogP contribution in [0.3, 0.4) is 0 Å². The van der Waals surface area contributed by atoms with Crippen LogP contribution in [0.1, 0.15) is 10.4 Å². The van der Waals surface area contributed by atoms with Crippen molar-refractivity contribution < 1.29 is 18.3 Å². The molecule has 0 aliphatic rings. The van der Waals surface area contributed by atoms with E-state index in [1.165, 1.54) is 24.1 Å². The van der Waals surface area contributed by atoms with E-state index in [1.54, 1.807) is 25.2 Å². The minimum absolute atomic E-state index is 0.0221. The average molecular weight is 378 g/mol. The van der Waals surface area contributed by atoms with Gasteiger partial charge in [-0.25, -0.2) is 8.78 Å². The molecule has 0 spiro atoms. The van der Waals surface area contributed by atoms with E-state index in [2.05, 4.69) is 10.4 Å². The smallest absolute Gasteiger partial charge is 0.259 e. The predicted octanol–water partition coefficient (Wildman–Crippen LogP) is 4.28. The second-order valence-electron chi connectivity index (χ2n) is 5.49. The summed E-state index contributed by atoms with van der Waals surface area (Å²) in [5.41, 5.74) is 0.581. The first-order chi connectivity index (χ1) is 12.4. The SMILES string of the molecule is COc1ccc(Cl)c(NC(=O)c2cn(C)nc2-c2ccc(F)cc2F)c1. The quantitative estimate of drug-likeness (QED) is 0.738. The maximum Gasteiger partial charge on any atom is 0.259 e. The van der Waals surface area contributed by atoms with Gasteiger partial charge in [-0.05, 0) is 24.3 Å². The Morgan fingerprint density at radius 1 is 1.23 bits per heavy atom. The first kappa shape index (κ1) is 17.9. The molecule has 5 nitrogen and oxygen atoms in total. The van der Waals surface area contributed by atoms with Gasteiger partial charge in [0.25, 0.3) is 5.91 Å². The second kappa shape index (κ2) is 7.13. The number of rotatable bonds is 4. The van der Waals surface area contributed by atoms with Gasteiger partial charge in [-0.2, -0.15) is 5.10 Å². The molecule has 0 aliphatic heterocycles. The van der Waals surface area contributed by atoms with Crippen molar-refractivity contribution in [2.75, 3.05) is 12.4 Å². The molecule has 134 valence electrons. The number of carbonyl (C=O) groups is 1. The first-order valence-electron chi connectivity index (χ1n) is 7.53. The molecule has 0 saturated heterocycles. The Labute approximate surface area is 153 Å². The number of hydrogen-bond acceptors (Lipinski definition) is 3. The number of nitrogens with zero attached hydrogens (tertiary/aromatic N) is 2. The average Bonchev–Trinajstić information content (AvgIpc) is 2.98. The van der Waals surface area contributed by atoms with E-state index in [-0.39, 0.29) is 16.8 Å². The summed E-state index contributed by atoms with van der Waals surface area (Å²) in [7, 11) is 3.09. The fourth-order valence-corrected chi connectivity index (χ4v) is 2.62. The molecule has 3 aromatic rings. The molecule has 0 atom stereocenters. The van der Waals surface area contributed by atoms with Crippen molar-refractivity contribution in [3.05, 3.63) is 64.8 Å². The first-order valence-corrected chi connectivity index (χ1v) is 7.91. The maximum absolute atomic E-state index is 14.1. The summed E-state index contributed by atoms with van der Waals surface area (Å²) in [6, 6.07) is 7.89. The summed E-state index contributed by atoms with van der Waals surface area (Å²) in [6.45, 7) is 0. The number of aromatic nitrogens is 2. The van der Waals surface area contributed by atoms with Crippen LogP contribution < -0.4 is 10.1 Å². The van der Waals surface area contributed by atoms with Crippen LogP contribution in [0.15, 0.2) is 42.6 Å². The number of nitrogens with one attached hydrogen (secondary N) is 1. The Hall–Kier alpha value is -2.93. The molecular formula is C18H14ClF2N3O2. The van der Waals surface area contributed by atoms with Crippen molar-refractivity contribution in [3.8, 4) is 17.0 Å². The number of methoxy groups -OCH3 is 1. The van der Waals surface area contributed by atoms with Gasteiger partial charge in [0, 0.05) is 30.9 Å². The zero-order valence-electron chi connectivity index (χ0n) is 13.9. The standard InChI is InChI=1S/C18H14ClF2N3O2/c1-24-9-13(17(23-24)12-5-3-10(20)7-15(12)21)18(25)22-16-8-11(26-2)4-6-14(16)19/h3-9H,1-2H3,(H,22,25). The van der Waals surface area contributed by atoms with Crippen molar-refractivity contribution in [2.45, 2.75) is 0 Å². The Kier molecular flexibility index (Phi) is 4.90. The van der Waals surface area contributed by atoms with Crippen LogP contribution in [-0.2, 0) is 7.05 Å². The third-order valence-electron chi connectivity index (χ3n) is 3.68. The topological polar surface area (TPSA) is 56.1 Å². The molecule has 1 aromatic heterocycles. The number of benzene rings is 2. The molecule has 0 unspecified atom stereocenters. The van der Waals surface area contributed by atoms with Crippen molar-refractivity contribution in [3.63, 3.8) is 0 Å². The highest BCUT2D eigenvalue weighted by Crippen LogP contribution is 2.29.